The van der Waals surface area contributed by atoms with Crippen LogP contribution in [0.2, 0.25) is 0 Å². The molecule has 1 fully saturated rings. The Bertz CT molecular complexity index is 885. The van der Waals surface area contributed by atoms with E-state index < -0.39 is 0 Å². The Morgan fingerprint density at radius 2 is 2.14 bits per heavy atom. The third kappa shape index (κ3) is 2.32. The number of likely N-dealkylation sites (N-methyl/N-ethyl adjacent to an activating group) is 1. The molecule has 0 atom stereocenters. The number of para-hydroxylation sites is 1. The van der Waals surface area contributed by atoms with Gasteiger partial charge in [-0.15, -0.1) is 0 Å². The number of carbonyl (C=O) groups excluding carboxylic acids is 1. The number of benzene rings is 1. The van der Waals surface area contributed by atoms with Crippen LogP contribution in [0, 0.1) is 0 Å². The maximum atomic E-state index is 12.5. The molecule has 1 amide bonds. The van der Waals surface area contributed by atoms with Gasteiger partial charge in [0.15, 0.2) is 16.8 Å². The minimum atomic E-state index is -0.222. The monoisotopic (exact) mass is 333 g/mol. The zero-order valence-electron chi connectivity index (χ0n) is 11.8. The third-order valence-corrected chi connectivity index (χ3v) is 4.77. The normalized spacial score (nSPS) is 16.8. The van der Waals surface area contributed by atoms with Crippen molar-refractivity contribution >= 4 is 51.3 Å². The summed E-state index contributed by atoms with van der Waals surface area (Å²) in [5.41, 5.74) is 0.464. The molecule has 1 aliphatic rings. The van der Waals surface area contributed by atoms with E-state index >= 15 is 0 Å². The molecule has 5 nitrogen and oxygen atoms in total. The zero-order valence-corrected chi connectivity index (χ0v) is 13.4. The van der Waals surface area contributed by atoms with Crippen LogP contribution in [0.4, 0.5) is 0 Å². The van der Waals surface area contributed by atoms with Crippen LogP contribution >= 0.6 is 24.0 Å². The van der Waals surface area contributed by atoms with Gasteiger partial charge in [0.2, 0.25) is 0 Å². The number of thioether (sulfide) groups is 1. The molecule has 0 saturated carbocycles. The highest BCUT2D eigenvalue weighted by molar-refractivity contribution is 8.26. The highest BCUT2D eigenvalue weighted by atomic mass is 32.2. The molecule has 0 aliphatic carbocycles. The van der Waals surface area contributed by atoms with Crippen molar-refractivity contribution < 1.29 is 13.9 Å². The summed E-state index contributed by atoms with van der Waals surface area (Å²) in [6.07, 6.45) is 2.84. The van der Waals surface area contributed by atoms with Gasteiger partial charge >= 0.3 is 0 Å². The minimum Gasteiger partial charge on any atom is -0.493 e. The van der Waals surface area contributed by atoms with Crippen molar-refractivity contribution in [2.45, 2.75) is 0 Å². The van der Waals surface area contributed by atoms with Crippen LogP contribution in [0.5, 0.6) is 5.75 Å². The number of carbonyl (C=O) groups is 1. The van der Waals surface area contributed by atoms with E-state index in [1.54, 1.807) is 25.2 Å². The van der Waals surface area contributed by atoms with Gasteiger partial charge in [0, 0.05) is 7.05 Å². The molecule has 0 N–H and O–H groups in total. The summed E-state index contributed by atoms with van der Waals surface area (Å²) in [5, 5.41) is 0.403. The number of ether oxygens (including phenoxy) is 1. The number of hydrogen-bond donors (Lipinski definition) is 0. The smallest absolute Gasteiger partial charge is 0.265 e. The van der Waals surface area contributed by atoms with Crippen molar-refractivity contribution in [2.75, 3.05) is 14.2 Å². The van der Waals surface area contributed by atoms with Gasteiger partial charge in [0.25, 0.3) is 5.91 Å². The quantitative estimate of drug-likeness (QED) is 0.622. The summed E-state index contributed by atoms with van der Waals surface area (Å²) in [5.74, 6) is 0.265. The Kier molecular flexibility index (Phi) is 3.76. The van der Waals surface area contributed by atoms with Gasteiger partial charge in [-0.05, 0) is 18.2 Å². The Labute approximate surface area is 135 Å². The molecule has 1 aliphatic heterocycles. The molecule has 0 spiro atoms. The van der Waals surface area contributed by atoms with Gasteiger partial charge in [-0.25, -0.2) is 0 Å². The second-order valence-corrected chi connectivity index (χ2v) is 6.27. The van der Waals surface area contributed by atoms with Crippen LogP contribution < -0.4 is 10.2 Å². The van der Waals surface area contributed by atoms with E-state index in [1.165, 1.54) is 24.3 Å². The first-order chi connectivity index (χ1) is 10.5. The molecule has 0 unspecified atom stereocenters. The lowest BCUT2D eigenvalue weighted by Gasteiger charge is -2.04. The molecular weight excluding hydrogens is 322 g/mol. The summed E-state index contributed by atoms with van der Waals surface area (Å²) in [6, 6.07) is 5.09. The summed E-state index contributed by atoms with van der Waals surface area (Å²) < 4.78 is 11.1. The Morgan fingerprint density at radius 3 is 2.77 bits per heavy atom. The molecule has 112 valence electrons. The van der Waals surface area contributed by atoms with E-state index in [1.807, 2.05) is 0 Å². The third-order valence-electron chi connectivity index (χ3n) is 3.28. The van der Waals surface area contributed by atoms with E-state index in [-0.39, 0.29) is 11.3 Å². The fraction of sp³-hybridized carbons (Fsp3) is 0.133. The first-order valence-corrected chi connectivity index (χ1v) is 7.55. The number of rotatable bonds is 2. The topological polar surface area (TPSA) is 59.8 Å². The van der Waals surface area contributed by atoms with E-state index in [4.69, 9.17) is 21.4 Å². The molecule has 7 heteroatoms. The molecule has 1 aromatic heterocycles. The predicted molar refractivity (Wildman–Crippen MR) is 90.0 cm³/mol. The first kappa shape index (κ1) is 14.8. The lowest BCUT2D eigenvalue weighted by Crippen LogP contribution is -2.22. The van der Waals surface area contributed by atoms with Crippen LogP contribution in [0.3, 0.4) is 0 Å². The van der Waals surface area contributed by atoms with Gasteiger partial charge in [-0.3, -0.25) is 14.5 Å². The summed E-state index contributed by atoms with van der Waals surface area (Å²) in [6.45, 7) is 0. The first-order valence-electron chi connectivity index (χ1n) is 6.33. The van der Waals surface area contributed by atoms with Crippen LogP contribution in [-0.2, 0) is 4.79 Å². The standard InChI is InChI=1S/C15H11NO4S2/c1-16-14(18)11(22-15(16)21)6-8-7-20-13-9(12(8)17)4-3-5-10(13)19-2/h3-7H,1-2H3. The lowest BCUT2D eigenvalue weighted by atomic mass is 10.1. The molecule has 0 bridgehead atoms. The minimum absolute atomic E-state index is 0.221. The largest absolute Gasteiger partial charge is 0.493 e. The number of nitrogens with zero attached hydrogens (tertiary/aromatic N) is 1. The number of hydrogen-bond acceptors (Lipinski definition) is 6. The van der Waals surface area contributed by atoms with Gasteiger partial charge in [-0.1, -0.05) is 30.0 Å². The molecule has 1 aromatic carbocycles. The number of thiocarbonyl (C=S) groups is 1. The second kappa shape index (κ2) is 5.58. The van der Waals surface area contributed by atoms with Crippen molar-refractivity contribution in [2.24, 2.45) is 0 Å². The number of fused-ring (bicyclic) bond motifs is 1. The van der Waals surface area contributed by atoms with E-state index in [9.17, 15) is 9.59 Å². The summed E-state index contributed by atoms with van der Waals surface area (Å²) in [7, 11) is 3.11. The average Bonchev–Trinajstić information content (AvgIpc) is 2.77. The summed E-state index contributed by atoms with van der Waals surface area (Å²) >= 11 is 6.23. The highest BCUT2D eigenvalue weighted by Crippen LogP contribution is 2.31. The van der Waals surface area contributed by atoms with E-state index in [0.717, 1.165) is 11.8 Å². The van der Waals surface area contributed by atoms with E-state index in [2.05, 4.69) is 0 Å². The van der Waals surface area contributed by atoms with Gasteiger partial charge in [0.05, 0.1) is 23.0 Å². The zero-order chi connectivity index (χ0) is 15.9. The Hall–Kier alpha value is -2.12. The SMILES string of the molecule is COc1cccc2c(=O)c(C=C3SC(=S)N(C)C3=O)coc12. The average molecular weight is 333 g/mol. The molecule has 0 radical (unpaired) electrons. The predicted octanol–water partition coefficient (Wildman–Crippen LogP) is 2.63. The van der Waals surface area contributed by atoms with E-state index in [0.29, 0.717) is 31.5 Å². The van der Waals surface area contributed by atoms with Crippen molar-refractivity contribution in [3.63, 3.8) is 0 Å². The molecule has 3 rings (SSSR count). The molecule has 2 heterocycles. The van der Waals surface area contributed by atoms with Crippen molar-refractivity contribution in [1.82, 2.24) is 4.90 Å². The van der Waals surface area contributed by atoms with Crippen LogP contribution in [0.25, 0.3) is 17.0 Å². The number of amides is 1. The highest BCUT2D eigenvalue weighted by Gasteiger charge is 2.29. The van der Waals surface area contributed by atoms with Crippen LogP contribution in [-0.4, -0.2) is 29.3 Å². The summed E-state index contributed by atoms with van der Waals surface area (Å²) in [4.78, 5) is 26.3. The second-order valence-electron chi connectivity index (χ2n) is 4.60. The fourth-order valence-corrected chi connectivity index (χ4v) is 3.27. The van der Waals surface area contributed by atoms with Gasteiger partial charge in [0.1, 0.15) is 10.6 Å². The molecule has 22 heavy (non-hydrogen) atoms. The maximum absolute atomic E-state index is 12.5. The Morgan fingerprint density at radius 1 is 1.36 bits per heavy atom. The molecule has 2 aromatic rings. The van der Waals surface area contributed by atoms with Crippen molar-refractivity contribution in [3.05, 3.63) is 45.2 Å². The fourth-order valence-electron chi connectivity index (χ4n) is 2.09. The van der Waals surface area contributed by atoms with Crippen LogP contribution in [0.1, 0.15) is 5.56 Å². The van der Waals surface area contributed by atoms with Gasteiger partial charge in [-0.2, -0.15) is 0 Å². The van der Waals surface area contributed by atoms with Crippen LogP contribution in [0.15, 0.2) is 38.6 Å². The number of methoxy groups -OCH3 is 1. The van der Waals surface area contributed by atoms with Crippen molar-refractivity contribution in [1.29, 1.82) is 0 Å². The Balaban J connectivity index is 2.14. The van der Waals surface area contributed by atoms with Gasteiger partial charge < -0.3 is 9.15 Å². The maximum Gasteiger partial charge on any atom is 0.265 e. The molecule has 1 saturated heterocycles. The van der Waals surface area contributed by atoms with Crippen molar-refractivity contribution in [3.8, 4) is 5.75 Å². The lowest BCUT2D eigenvalue weighted by molar-refractivity contribution is -0.121. The molecular formula is C15H11NO4S2.